The second-order valence-corrected chi connectivity index (χ2v) is 5.69. The maximum atomic E-state index is 12.3. The van der Waals surface area contributed by atoms with Crippen LogP contribution in [0.4, 0.5) is 0 Å². The van der Waals surface area contributed by atoms with Crippen molar-refractivity contribution in [1.29, 1.82) is 0 Å². The second kappa shape index (κ2) is 7.13. The number of rotatable bonds is 4. The van der Waals surface area contributed by atoms with Crippen LogP contribution in [0.1, 0.15) is 58.3 Å². The molecule has 2 aliphatic rings. The monoisotopic (exact) mass is 253 g/mol. The number of hydrogen-bond acceptors (Lipinski definition) is 3. The highest BCUT2D eigenvalue weighted by Crippen LogP contribution is 2.31. The number of hydrogen-bond donors (Lipinski definition) is 0. The molecule has 0 spiro atoms. The summed E-state index contributed by atoms with van der Waals surface area (Å²) in [5.41, 5.74) is 0. The molecular weight excluding hydrogens is 226 g/mol. The Kier molecular flexibility index (Phi) is 5.48. The first-order valence-corrected chi connectivity index (χ1v) is 7.73. The van der Waals surface area contributed by atoms with Gasteiger partial charge < -0.3 is 4.74 Å². The van der Waals surface area contributed by atoms with Gasteiger partial charge in [-0.3, -0.25) is 9.69 Å². The van der Waals surface area contributed by atoms with Gasteiger partial charge in [-0.15, -0.1) is 0 Å². The summed E-state index contributed by atoms with van der Waals surface area (Å²) in [6.07, 6.45) is 10.1. The Morgan fingerprint density at radius 1 is 1.11 bits per heavy atom. The topological polar surface area (TPSA) is 29.5 Å². The predicted octanol–water partition coefficient (Wildman–Crippen LogP) is 2.98. The molecule has 3 heteroatoms. The Balaban J connectivity index is 2.02. The first-order valence-electron chi connectivity index (χ1n) is 7.73. The van der Waals surface area contributed by atoms with E-state index >= 15 is 0 Å². The van der Waals surface area contributed by atoms with Crippen LogP contribution >= 0.6 is 0 Å². The summed E-state index contributed by atoms with van der Waals surface area (Å²) < 4.78 is 5.33. The van der Waals surface area contributed by atoms with Gasteiger partial charge in [-0.1, -0.05) is 25.7 Å². The first-order chi connectivity index (χ1) is 8.83. The van der Waals surface area contributed by atoms with Crippen LogP contribution in [0.3, 0.4) is 0 Å². The summed E-state index contributed by atoms with van der Waals surface area (Å²) in [4.78, 5) is 14.7. The number of piperidine rings is 1. The van der Waals surface area contributed by atoms with E-state index in [2.05, 4.69) is 4.90 Å². The lowest BCUT2D eigenvalue weighted by Gasteiger charge is -2.38. The van der Waals surface area contributed by atoms with Crippen LogP contribution in [0, 0.1) is 5.92 Å². The zero-order valence-corrected chi connectivity index (χ0v) is 11.7. The van der Waals surface area contributed by atoms with Gasteiger partial charge in [0.2, 0.25) is 0 Å². The molecule has 1 aliphatic carbocycles. The fraction of sp³-hybridized carbons (Fsp3) is 0.933. The molecule has 2 rings (SSSR count). The summed E-state index contributed by atoms with van der Waals surface area (Å²) in [5, 5.41) is 0. The summed E-state index contributed by atoms with van der Waals surface area (Å²) in [6.45, 7) is 4.59. The maximum absolute atomic E-state index is 12.3. The molecule has 0 unspecified atom stereocenters. The molecule has 0 aromatic rings. The molecule has 1 heterocycles. The van der Waals surface area contributed by atoms with Gasteiger partial charge in [0.05, 0.1) is 6.61 Å². The van der Waals surface area contributed by atoms with Crippen molar-refractivity contribution >= 4 is 5.97 Å². The third kappa shape index (κ3) is 3.47. The average molecular weight is 253 g/mol. The Bertz CT molecular complexity index is 237. The van der Waals surface area contributed by atoms with E-state index in [1.807, 2.05) is 6.92 Å². The molecule has 2 fully saturated rings. The molecule has 1 atom stereocenters. The number of nitrogens with zero attached hydrogens (tertiary/aromatic N) is 1. The number of ether oxygens (including phenoxy) is 1. The molecule has 1 saturated carbocycles. The van der Waals surface area contributed by atoms with E-state index in [0.29, 0.717) is 12.5 Å². The molecule has 3 nitrogen and oxygen atoms in total. The molecule has 1 aliphatic heterocycles. The van der Waals surface area contributed by atoms with E-state index in [0.717, 1.165) is 13.1 Å². The smallest absolute Gasteiger partial charge is 0.323 e. The Hall–Kier alpha value is -0.570. The SMILES string of the molecule is CCOC(=O)[C@@H](C1CCCCC1)N1CCCCC1. The standard InChI is InChI=1S/C15H27NO2/c1-2-18-15(17)14(13-9-5-3-6-10-13)16-11-7-4-8-12-16/h13-14H,2-12H2,1H3/t14-/m1/s1. The van der Waals surface area contributed by atoms with Crippen LogP contribution in [0.2, 0.25) is 0 Å². The molecule has 0 N–H and O–H groups in total. The van der Waals surface area contributed by atoms with Crippen LogP contribution in [0.5, 0.6) is 0 Å². The zero-order chi connectivity index (χ0) is 12.8. The number of carbonyl (C=O) groups is 1. The zero-order valence-electron chi connectivity index (χ0n) is 11.7. The number of carbonyl (C=O) groups excluding carboxylic acids is 1. The fourth-order valence-electron chi connectivity index (χ4n) is 3.51. The van der Waals surface area contributed by atoms with Crippen molar-refractivity contribution < 1.29 is 9.53 Å². The van der Waals surface area contributed by atoms with E-state index in [4.69, 9.17) is 4.74 Å². The van der Waals surface area contributed by atoms with Gasteiger partial charge >= 0.3 is 5.97 Å². The highest BCUT2D eigenvalue weighted by molar-refractivity contribution is 5.76. The van der Waals surface area contributed by atoms with Crippen molar-refractivity contribution in [1.82, 2.24) is 4.90 Å². The third-order valence-corrected chi connectivity index (χ3v) is 4.41. The Morgan fingerprint density at radius 3 is 2.33 bits per heavy atom. The molecule has 1 saturated heterocycles. The van der Waals surface area contributed by atoms with Gasteiger partial charge in [-0.25, -0.2) is 0 Å². The maximum Gasteiger partial charge on any atom is 0.323 e. The molecular formula is C15H27NO2. The minimum absolute atomic E-state index is 0.0336. The highest BCUT2D eigenvalue weighted by atomic mass is 16.5. The largest absolute Gasteiger partial charge is 0.465 e. The quantitative estimate of drug-likeness (QED) is 0.721. The van der Waals surface area contributed by atoms with Crippen molar-refractivity contribution in [3.63, 3.8) is 0 Å². The molecule has 104 valence electrons. The van der Waals surface area contributed by atoms with Crippen molar-refractivity contribution in [3.8, 4) is 0 Å². The normalized spacial score (nSPS) is 24.7. The molecule has 0 amide bonds. The molecule has 18 heavy (non-hydrogen) atoms. The van der Waals surface area contributed by atoms with Crippen LogP contribution in [0.15, 0.2) is 0 Å². The predicted molar refractivity (Wildman–Crippen MR) is 72.4 cm³/mol. The lowest BCUT2D eigenvalue weighted by Crippen LogP contribution is -2.49. The lowest BCUT2D eigenvalue weighted by molar-refractivity contribution is -0.153. The Morgan fingerprint density at radius 2 is 1.72 bits per heavy atom. The van der Waals surface area contributed by atoms with E-state index in [1.54, 1.807) is 0 Å². The first kappa shape index (κ1) is 13.9. The third-order valence-electron chi connectivity index (χ3n) is 4.41. The average Bonchev–Trinajstić information content (AvgIpc) is 2.42. The molecule has 0 bridgehead atoms. The van der Waals surface area contributed by atoms with Gasteiger partial charge in [0.25, 0.3) is 0 Å². The highest BCUT2D eigenvalue weighted by Gasteiger charge is 2.35. The van der Waals surface area contributed by atoms with Crippen molar-refractivity contribution in [2.24, 2.45) is 5.92 Å². The van der Waals surface area contributed by atoms with Crippen LogP contribution < -0.4 is 0 Å². The van der Waals surface area contributed by atoms with Crippen molar-refractivity contribution in [3.05, 3.63) is 0 Å². The lowest BCUT2D eigenvalue weighted by atomic mass is 9.82. The van der Waals surface area contributed by atoms with Crippen LogP contribution in [0.25, 0.3) is 0 Å². The van der Waals surface area contributed by atoms with Gasteiger partial charge in [0.1, 0.15) is 6.04 Å². The van der Waals surface area contributed by atoms with Gasteiger partial charge in [0.15, 0.2) is 0 Å². The van der Waals surface area contributed by atoms with E-state index in [-0.39, 0.29) is 12.0 Å². The summed E-state index contributed by atoms with van der Waals surface area (Å²) in [6, 6.07) is 0.0468. The van der Waals surface area contributed by atoms with Gasteiger partial charge in [-0.05, 0) is 51.6 Å². The summed E-state index contributed by atoms with van der Waals surface area (Å²) in [7, 11) is 0. The summed E-state index contributed by atoms with van der Waals surface area (Å²) >= 11 is 0. The Labute approximate surface area is 111 Å². The summed E-state index contributed by atoms with van der Waals surface area (Å²) in [5.74, 6) is 0.571. The molecule has 0 aromatic heterocycles. The molecule has 0 radical (unpaired) electrons. The number of esters is 1. The van der Waals surface area contributed by atoms with Crippen molar-refractivity contribution in [2.45, 2.75) is 64.3 Å². The number of likely N-dealkylation sites (tertiary alicyclic amines) is 1. The van der Waals surface area contributed by atoms with E-state index in [1.165, 1.54) is 51.4 Å². The van der Waals surface area contributed by atoms with E-state index < -0.39 is 0 Å². The fourth-order valence-corrected chi connectivity index (χ4v) is 3.51. The van der Waals surface area contributed by atoms with Crippen molar-refractivity contribution in [2.75, 3.05) is 19.7 Å². The van der Waals surface area contributed by atoms with E-state index in [9.17, 15) is 4.79 Å². The van der Waals surface area contributed by atoms with Gasteiger partial charge in [-0.2, -0.15) is 0 Å². The second-order valence-electron chi connectivity index (χ2n) is 5.69. The minimum Gasteiger partial charge on any atom is -0.465 e. The molecule has 0 aromatic carbocycles. The van der Waals surface area contributed by atoms with Crippen LogP contribution in [-0.2, 0) is 9.53 Å². The van der Waals surface area contributed by atoms with Crippen LogP contribution in [-0.4, -0.2) is 36.6 Å². The van der Waals surface area contributed by atoms with Gasteiger partial charge in [0, 0.05) is 0 Å². The minimum atomic E-state index is 0.0336.